The second kappa shape index (κ2) is 9.50. The molecule has 0 saturated carbocycles. The van der Waals surface area contributed by atoms with Gasteiger partial charge in [-0.3, -0.25) is 9.78 Å². The van der Waals surface area contributed by atoms with Gasteiger partial charge in [0.1, 0.15) is 15.7 Å². The standard InChI is InChI=1S/C25H19FN4OS/c1-17-23(32-24(29-17)22-7-2-3-12-28-22)25(31)30(16-20-5-4-6-21(26)13-20)15-19-10-8-18(14-27)9-11-19/h2-13H,15-16H2,1H3. The Morgan fingerprint density at radius 2 is 1.84 bits per heavy atom. The van der Waals surface area contributed by atoms with Gasteiger partial charge in [-0.15, -0.1) is 11.3 Å². The fourth-order valence-corrected chi connectivity index (χ4v) is 4.31. The highest BCUT2D eigenvalue weighted by Gasteiger charge is 2.23. The number of amides is 1. The lowest BCUT2D eigenvalue weighted by atomic mass is 10.1. The van der Waals surface area contributed by atoms with Gasteiger partial charge in [0.25, 0.3) is 5.91 Å². The first-order chi connectivity index (χ1) is 15.5. The van der Waals surface area contributed by atoms with Crippen LogP contribution in [0.4, 0.5) is 4.39 Å². The number of nitriles is 1. The van der Waals surface area contributed by atoms with Crippen molar-refractivity contribution in [1.82, 2.24) is 14.9 Å². The van der Waals surface area contributed by atoms with E-state index in [2.05, 4.69) is 16.0 Å². The third-order valence-electron chi connectivity index (χ3n) is 4.88. The first-order valence-electron chi connectivity index (χ1n) is 9.95. The van der Waals surface area contributed by atoms with Crippen LogP contribution in [0, 0.1) is 24.1 Å². The van der Waals surface area contributed by atoms with E-state index in [0.717, 1.165) is 5.56 Å². The van der Waals surface area contributed by atoms with Crippen LogP contribution >= 0.6 is 11.3 Å². The summed E-state index contributed by atoms with van der Waals surface area (Å²) in [5.41, 5.74) is 3.46. The fraction of sp³-hybridized carbons (Fsp3) is 0.120. The average Bonchev–Trinajstić information content (AvgIpc) is 3.21. The highest BCUT2D eigenvalue weighted by Crippen LogP contribution is 2.28. The van der Waals surface area contributed by atoms with E-state index in [1.165, 1.54) is 23.5 Å². The Balaban J connectivity index is 1.66. The van der Waals surface area contributed by atoms with Gasteiger partial charge < -0.3 is 4.90 Å². The van der Waals surface area contributed by atoms with Gasteiger partial charge in [0.2, 0.25) is 0 Å². The molecule has 0 unspecified atom stereocenters. The number of pyridine rings is 1. The maximum Gasteiger partial charge on any atom is 0.266 e. The van der Waals surface area contributed by atoms with E-state index in [1.807, 2.05) is 30.3 Å². The van der Waals surface area contributed by atoms with Crippen molar-refractivity contribution in [2.24, 2.45) is 0 Å². The zero-order valence-corrected chi connectivity index (χ0v) is 18.1. The van der Waals surface area contributed by atoms with Crippen molar-refractivity contribution >= 4 is 17.2 Å². The number of aromatic nitrogens is 2. The Kier molecular flexibility index (Phi) is 6.34. The van der Waals surface area contributed by atoms with Gasteiger partial charge in [0, 0.05) is 19.3 Å². The molecule has 0 bridgehead atoms. The van der Waals surface area contributed by atoms with Gasteiger partial charge in [0.15, 0.2) is 0 Å². The minimum Gasteiger partial charge on any atom is -0.329 e. The molecule has 158 valence electrons. The first kappa shape index (κ1) is 21.3. The number of hydrogen-bond donors (Lipinski definition) is 0. The van der Waals surface area contributed by atoms with E-state index in [9.17, 15) is 9.18 Å². The Bertz CT molecular complexity index is 1280. The van der Waals surface area contributed by atoms with E-state index in [-0.39, 0.29) is 18.3 Å². The molecule has 0 aliphatic rings. The molecule has 0 aliphatic carbocycles. The maximum absolute atomic E-state index is 13.8. The lowest BCUT2D eigenvalue weighted by molar-refractivity contribution is 0.0734. The maximum atomic E-state index is 13.8. The molecule has 0 spiro atoms. The molecule has 0 radical (unpaired) electrons. The molecule has 0 saturated heterocycles. The summed E-state index contributed by atoms with van der Waals surface area (Å²) in [5, 5.41) is 9.71. The predicted molar refractivity (Wildman–Crippen MR) is 121 cm³/mol. The van der Waals surface area contributed by atoms with E-state index in [4.69, 9.17) is 5.26 Å². The van der Waals surface area contributed by atoms with E-state index in [1.54, 1.807) is 42.3 Å². The summed E-state index contributed by atoms with van der Waals surface area (Å²) in [6.45, 7) is 2.36. The number of benzene rings is 2. The summed E-state index contributed by atoms with van der Waals surface area (Å²) in [6, 6.07) is 21.0. The van der Waals surface area contributed by atoms with Crippen LogP contribution in [0.15, 0.2) is 72.9 Å². The van der Waals surface area contributed by atoms with Gasteiger partial charge in [-0.2, -0.15) is 5.26 Å². The van der Waals surface area contributed by atoms with Crippen molar-refractivity contribution in [2.45, 2.75) is 20.0 Å². The topological polar surface area (TPSA) is 69.9 Å². The van der Waals surface area contributed by atoms with Crippen LogP contribution in [-0.4, -0.2) is 20.8 Å². The largest absolute Gasteiger partial charge is 0.329 e. The molecule has 32 heavy (non-hydrogen) atoms. The number of halogens is 1. The molecule has 4 rings (SSSR count). The lowest BCUT2D eigenvalue weighted by Crippen LogP contribution is -2.30. The number of carbonyl (C=O) groups is 1. The molecule has 2 heterocycles. The van der Waals surface area contributed by atoms with Gasteiger partial charge in [-0.05, 0) is 54.4 Å². The molecule has 0 atom stereocenters. The molecule has 0 aliphatic heterocycles. The number of aryl methyl sites for hydroxylation is 1. The van der Waals surface area contributed by atoms with Crippen LogP contribution in [0.25, 0.3) is 10.7 Å². The summed E-state index contributed by atoms with van der Waals surface area (Å²) in [6.07, 6.45) is 1.69. The van der Waals surface area contributed by atoms with Crippen molar-refractivity contribution in [3.63, 3.8) is 0 Å². The smallest absolute Gasteiger partial charge is 0.266 e. The first-order valence-corrected chi connectivity index (χ1v) is 10.8. The molecule has 0 fully saturated rings. The zero-order valence-electron chi connectivity index (χ0n) is 17.3. The molecule has 7 heteroatoms. The van der Waals surface area contributed by atoms with Crippen molar-refractivity contribution < 1.29 is 9.18 Å². The van der Waals surface area contributed by atoms with E-state index >= 15 is 0 Å². The highest BCUT2D eigenvalue weighted by atomic mass is 32.1. The molecule has 5 nitrogen and oxygen atoms in total. The monoisotopic (exact) mass is 442 g/mol. The van der Waals surface area contributed by atoms with Gasteiger partial charge >= 0.3 is 0 Å². The van der Waals surface area contributed by atoms with Crippen LogP contribution in [0.3, 0.4) is 0 Å². The number of nitrogens with zero attached hydrogens (tertiary/aromatic N) is 4. The van der Waals surface area contributed by atoms with E-state index < -0.39 is 0 Å². The number of hydrogen-bond acceptors (Lipinski definition) is 5. The normalized spacial score (nSPS) is 10.5. The summed E-state index contributed by atoms with van der Waals surface area (Å²) in [4.78, 5) is 24.6. The minimum absolute atomic E-state index is 0.184. The highest BCUT2D eigenvalue weighted by molar-refractivity contribution is 7.17. The average molecular weight is 443 g/mol. The molecule has 1 amide bonds. The summed E-state index contributed by atoms with van der Waals surface area (Å²) in [7, 11) is 0. The number of carbonyl (C=O) groups excluding carboxylic acids is 1. The Hall–Kier alpha value is -3.89. The third-order valence-corrected chi connectivity index (χ3v) is 6.05. The van der Waals surface area contributed by atoms with Crippen LogP contribution in [0.2, 0.25) is 0 Å². The fourth-order valence-electron chi connectivity index (χ4n) is 3.30. The predicted octanol–water partition coefficient (Wildman–Crippen LogP) is 5.37. The number of rotatable bonds is 6. The quantitative estimate of drug-likeness (QED) is 0.403. The molecule has 2 aromatic heterocycles. The van der Waals surface area contributed by atoms with Gasteiger partial charge in [0.05, 0.1) is 23.0 Å². The SMILES string of the molecule is Cc1nc(-c2ccccn2)sc1C(=O)N(Cc1ccc(C#N)cc1)Cc1cccc(F)c1. The summed E-state index contributed by atoms with van der Waals surface area (Å²) < 4.78 is 13.8. The van der Waals surface area contributed by atoms with Crippen molar-refractivity contribution in [3.8, 4) is 16.8 Å². The number of thiazole rings is 1. The van der Waals surface area contributed by atoms with Crippen LogP contribution in [0.1, 0.15) is 32.1 Å². The van der Waals surface area contributed by atoms with Crippen molar-refractivity contribution in [1.29, 1.82) is 5.26 Å². The van der Waals surface area contributed by atoms with Crippen LogP contribution in [-0.2, 0) is 13.1 Å². The van der Waals surface area contributed by atoms with E-state index in [0.29, 0.717) is 38.9 Å². The lowest BCUT2D eigenvalue weighted by Gasteiger charge is -2.23. The van der Waals surface area contributed by atoms with Crippen LogP contribution in [0.5, 0.6) is 0 Å². The minimum atomic E-state index is -0.348. The Morgan fingerprint density at radius 3 is 2.53 bits per heavy atom. The Labute approximate surface area is 189 Å². The summed E-state index contributed by atoms with van der Waals surface area (Å²) in [5.74, 6) is -0.532. The van der Waals surface area contributed by atoms with Gasteiger partial charge in [-0.1, -0.05) is 30.3 Å². The zero-order chi connectivity index (χ0) is 22.5. The Morgan fingerprint density at radius 1 is 1.06 bits per heavy atom. The molecule has 2 aromatic carbocycles. The molecular weight excluding hydrogens is 423 g/mol. The van der Waals surface area contributed by atoms with Crippen molar-refractivity contribution in [3.05, 3.63) is 106 Å². The molecule has 4 aromatic rings. The molecular formula is C25H19FN4OS. The van der Waals surface area contributed by atoms with Gasteiger partial charge in [-0.25, -0.2) is 9.37 Å². The third kappa shape index (κ3) is 4.88. The van der Waals surface area contributed by atoms with Crippen molar-refractivity contribution in [2.75, 3.05) is 0 Å². The second-order valence-corrected chi connectivity index (χ2v) is 8.25. The summed E-state index contributed by atoms with van der Waals surface area (Å²) >= 11 is 1.30. The van der Waals surface area contributed by atoms with Crippen LogP contribution < -0.4 is 0 Å². The molecule has 0 N–H and O–H groups in total. The second-order valence-electron chi connectivity index (χ2n) is 7.25.